The highest BCUT2D eigenvalue weighted by Gasteiger charge is 2.25. The van der Waals surface area contributed by atoms with Crippen LogP contribution < -0.4 is 10.2 Å². The highest BCUT2D eigenvalue weighted by molar-refractivity contribution is 5.74. The van der Waals surface area contributed by atoms with Crippen molar-refractivity contribution in [2.75, 3.05) is 37.7 Å². The Morgan fingerprint density at radius 1 is 1.45 bits per heavy atom. The average molecular weight is 306 g/mol. The molecule has 0 saturated carbocycles. The Kier molecular flexibility index (Phi) is 6.00. The van der Waals surface area contributed by atoms with Crippen molar-refractivity contribution in [1.82, 2.24) is 15.2 Å². The molecule has 1 aromatic heterocycles. The van der Waals surface area contributed by atoms with Gasteiger partial charge in [0.2, 0.25) is 0 Å². The van der Waals surface area contributed by atoms with Crippen molar-refractivity contribution in [2.24, 2.45) is 5.92 Å². The first-order chi connectivity index (χ1) is 10.7. The number of anilines is 1. The summed E-state index contributed by atoms with van der Waals surface area (Å²) in [5.41, 5.74) is 0.988. The van der Waals surface area contributed by atoms with Crippen LogP contribution in [0.4, 0.5) is 10.6 Å². The third kappa shape index (κ3) is 4.10. The van der Waals surface area contributed by atoms with Gasteiger partial charge in [0, 0.05) is 51.4 Å². The number of hydrogen-bond donors (Lipinski definition) is 2. The number of nitrogens with one attached hydrogen (secondary N) is 1. The second-order valence-electron chi connectivity index (χ2n) is 5.64. The minimum Gasteiger partial charge on any atom is -0.396 e. The van der Waals surface area contributed by atoms with Crippen molar-refractivity contribution in [3.63, 3.8) is 0 Å². The van der Waals surface area contributed by atoms with Crippen LogP contribution in [0.1, 0.15) is 25.8 Å². The van der Waals surface area contributed by atoms with Crippen molar-refractivity contribution in [3.05, 3.63) is 23.9 Å². The highest BCUT2D eigenvalue weighted by Crippen LogP contribution is 2.15. The molecule has 2 rings (SSSR count). The Balaban J connectivity index is 1.83. The van der Waals surface area contributed by atoms with Gasteiger partial charge in [0.1, 0.15) is 5.82 Å². The van der Waals surface area contributed by atoms with E-state index < -0.39 is 0 Å². The SMILES string of the molecule is CCN(CC)c1ccc(CNC(=O)N2CCC(CO)C2)cn1. The molecule has 1 fully saturated rings. The Hall–Kier alpha value is -1.82. The van der Waals surface area contributed by atoms with Crippen LogP contribution in [-0.2, 0) is 6.54 Å². The fourth-order valence-corrected chi connectivity index (χ4v) is 2.71. The Morgan fingerprint density at radius 3 is 2.77 bits per heavy atom. The van der Waals surface area contributed by atoms with Crippen molar-refractivity contribution in [2.45, 2.75) is 26.8 Å². The van der Waals surface area contributed by atoms with E-state index in [0.29, 0.717) is 13.1 Å². The van der Waals surface area contributed by atoms with E-state index in [9.17, 15) is 4.79 Å². The average Bonchev–Trinajstić information content (AvgIpc) is 3.04. The van der Waals surface area contributed by atoms with Crippen LogP contribution in [0.3, 0.4) is 0 Å². The first-order valence-corrected chi connectivity index (χ1v) is 8.01. The fraction of sp³-hybridized carbons (Fsp3) is 0.625. The number of carbonyl (C=O) groups excluding carboxylic acids is 1. The second kappa shape index (κ2) is 7.98. The van der Waals surface area contributed by atoms with Gasteiger partial charge in [0.25, 0.3) is 0 Å². The van der Waals surface area contributed by atoms with E-state index in [2.05, 4.69) is 29.0 Å². The van der Waals surface area contributed by atoms with Crippen molar-refractivity contribution >= 4 is 11.8 Å². The molecule has 1 aromatic rings. The van der Waals surface area contributed by atoms with Gasteiger partial charge in [0.15, 0.2) is 0 Å². The molecule has 1 aliphatic rings. The van der Waals surface area contributed by atoms with E-state index in [-0.39, 0.29) is 18.6 Å². The largest absolute Gasteiger partial charge is 0.396 e. The lowest BCUT2D eigenvalue weighted by molar-refractivity contribution is 0.198. The monoisotopic (exact) mass is 306 g/mol. The number of aromatic nitrogens is 1. The van der Waals surface area contributed by atoms with Gasteiger partial charge in [-0.2, -0.15) is 0 Å². The second-order valence-corrected chi connectivity index (χ2v) is 5.64. The van der Waals surface area contributed by atoms with E-state index in [1.165, 1.54) is 0 Å². The number of amides is 2. The summed E-state index contributed by atoms with van der Waals surface area (Å²) >= 11 is 0. The van der Waals surface area contributed by atoms with Gasteiger partial charge >= 0.3 is 6.03 Å². The van der Waals surface area contributed by atoms with Gasteiger partial charge < -0.3 is 20.2 Å². The van der Waals surface area contributed by atoms with E-state index in [1.807, 2.05) is 18.3 Å². The third-order valence-electron chi connectivity index (χ3n) is 4.17. The number of aliphatic hydroxyl groups excluding tert-OH is 1. The van der Waals surface area contributed by atoms with Crippen LogP contribution in [0.5, 0.6) is 0 Å². The maximum absolute atomic E-state index is 12.1. The van der Waals surface area contributed by atoms with Gasteiger partial charge in [-0.1, -0.05) is 6.07 Å². The number of likely N-dealkylation sites (tertiary alicyclic amines) is 1. The number of carbonyl (C=O) groups is 1. The number of pyridine rings is 1. The molecule has 1 saturated heterocycles. The minimum atomic E-state index is -0.0660. The van der Waals surface area contributed by atoms with Crippen molar-refractivity contribution in [1.29, 1.82) is 0 Å². The van der Waals surface area contributed by atoms with E-state index in [0.717, 1.165) is 37.4 Å². The molecule has 122 valence electrons. The zero-order valence-electron chi connectivity index (χ0n) is 13.5. The predicted molar refractivity (Wildman–Crippen MR) is 86.8 cm³/mol. The maximum Gasteiger partial charge on any atom is 0.317 e. The summed E-state index contributed by atoms with van der Waals surface area (Å²) in [6, 6.07) is 3.93. The maximum atomic E-state index is 12.1. The Labute approximate surface area is 132 Å². The van der Waals surface area contributed by atoms with E-state index in [1.54, 1.807) is 4.90 Å². The van der Waals surface area contributed by atoms with E-state index in [4.69, 9.17) is 5.11 Å². The molecule has 1 unspecified atom stereocenters. The van der Waals surface area contributed by atoms with Crippen LogP contribution in [0.2, 0.25) is 0 Å². The summed E-state index contributed by atoms with van der Waals surface area (Å²) in [6.45, 7) is 8.06. The number of rotatable bonds is 6. The molecule has 1 aliphatic heterocycles. The first-order valence-electron chi connectivity index (χ1n) is 8.01. The molecule has 0 radical (unpaired) electrons. The van der Waals surface area contributed by atoms with Crippen LogP contribution in [-0.4, -0.2) is 53.8 Å². The molecule has 2 heterocycles. The minimum absolute atomic E-state index is 0.0660. The molecule has 1 atom stereocenters. The van der Waals surface area contributed by atoms with E-state index >= 15 is 0 Å². The number of hydrogen-bond acceptors (Lipinski definition) is 4. The molecule has 2 amide bonds. The van der Waals surface area contributed by atoms with Crippen molar-refractivity contribution < 1.29 is 9.90 Å². The van der Waals surface area contributed by atoms with Gasteiger partial charge in [-0.15, -0.1) is 0 Å². The molecule has 6 nitrogen and oxygen atoms in total. The molecule has 0 aliphatic carbocycles. The van der Waals surface area contributed by atoms with Crippen LogP contribution >= 0.6 is 0 Å². The molecule has 0 spiro atoms. The summed E-state index contributed by atoms with van der Waals surface area (Å²) in [5.74, 6) is 1.19. The molecule has 22 heavy (non-hydrogen) atoms. The standard InChI is InChI=1S/C16H26N4O2/c1-3-19(4-2)15-6-5-13(9-17-15)10-18-16(22)20-8-7-14(11-20)12-21/h5-6,9,14,21H,3-4,7-8,10-12H2,1-2H3,(H,18,22). The fourth-order valence-electron chi connectivity index (χ4n) is 2.71. The van der Waals surface area contributed by atoms with Crippen LogP contribution in [0, 0.1) is 5.92 Å². The molecular weight excluding hydrogens is 280 g/mol. The lowest BCUT2D eigenvalue weighted by atomic mass is 10.1. The van der Waals surface area contributed by atoms with Crippen LogP contribution in [0.15, 0.2) is 18.3 Å². The zero-order valence-corrected chi connectivity index (χ0v) is 13.5. The van der Waals surface area contributed by atoms with Gasteiger partial charge in [-0.25, -0.2) is 9.78 Å². The van der Waals surface area contributed by atoms with Gasteiger partial charge in [-0.05, 0) is 31.9 Å². The third-order valence-corrected chi connectivity index (χ3v) is 4.17. The summed E-state index contributed by atoms with van der Waals surface area (Å²) in [5, 5.41) is 12.0. The molecule has 2 N–H and O–H groups in total. The molecule has 0 aromatic carbocycles. The van der Waals surface area contributed by atoms with Gasteiger partial charge in [0.05, 0.1) is 0 Å². The lowest BCUT2D eigenvalue weighted by Crippen LogP contribution is -2.38. The first kappa shape index (κ1) is 16.5. The topological polar surface area (TPSA) is 68.7 Å². The summed E-state index contributed by atoms with van der Waals surface area (Å²) < 4.78 is 0. The quantitative estimate of drug-likeness (QED) is 0.835. The number of nitrogens with zero attached hydrogens (tertiary/aromatic N) is 3. The smallest absolute Gasteiger partial charge is 0.317 e. The molecule has 0 bridgehead atoms. The predicted octanol–water partition coefficient (Wildman–Crippen LogP) is 1.45. The summed E-state index contributed by atoms with van der Waals surface area (Å²) in [6.07, 6.45) is 2.69. The Bertz CT molecular complexity index is 474. The number of aliphatic hydroxyl groups is 1. The zero-order chi connectivity index (χ0) is 15.9. The van der Waals surface area contributed by atoms with Crippen molar-refractivity contribution in [3.8, 4) is 0 Å². The summed E-state index contributed by atoms with van der Waals surface area (Å²) in [4.78, 5) is 20.4. The Morgan fingerprint density at radius 2 is 2.23 bits per heavy atom. The van der Waals surface area contributed by atoms with Gasteiger partial charge in [-0.3, -0.25) is 0 Å². The molecular formula is C16H26N4O2. The van der Waals surface area contributed by atoms with Crippen LogP contribution in [0.25, 0.3) is 0 Å². The number of urea groups is 1. The highest BCUT2D eigenvalue weighted by atomic mass is 16.3. The lowest BCUT2D eigenvalue weighted by Gasteiger charge is -2.20. The molecule has 6 heteroatoms. The normalized spacial score (nSPS) is 17.6. The summed E-state index contributed by atoms with van der Waals surface area (Å²) in [7, 11) is 0.